The highest BCUT2D eigenvalue weighted by atomic mass is 32.2. The summed E-state index contributed by atoms with van der Waals surface area (Å²) in [5.41, 5.74) is 0.532. The maximum Gasteiger partial charge on any atom is 0.277 e. The molecule has 0 spiro atoms. The first-order chi connectivity index (χ1) is 14.2. The Hall–Kier alpha value is -2.90. The summed E-state index contributed by atoms with van der Waals surface area (Å²) in [5, 5.41) is 10.4. The van der Waals surface area contributed by atoms with Crippen LogP contribution in [0.5, 0.6) is 0 Å². The van der Waals surface area contributed by atoms with Gasteiger partial charge in [0.05, 0.1) is 12.3 Å². The van der Waals surface area contributed by atoms with E-state index < -0.39 is 27.9 Å². The number of carbonyl (C=O) groups is 1. The van der Waals surface area contributed by atoms with Gasteiger partial charge in [-0.25, -0.2) is 12.8 Å². The SMILES string of the molecule is CN1C(=O)c2c(nc(S(=O)(=O)CC3CC3)n2C)N(CC#Cc2cccc(F)c2)C1O. The number of imidazole rings is 1. The number of sulfone groups is 1. The van der Waals surface area contributed by atoms with Crippen molar-refractivity contribution in [3.8, 4) is 11.8 Å². The number of hydrogen-bond acceptors (Lipinski definition) is 6. The van der Waals surface area contributed by atoms with Crippen LogP contribution in [-0.2, 0) is 16.9 Å². The van der Waals surface area contributed by atoms with Gasteiger partial charge >= 0.3 is 0 Å². The van der Waals surface area contributed by atoms with E-state index in [1.54, 1.807) is 6.07 Å². The Morgan fingerprint density at radius 3 is 2.70 bits per heavy atom. The maximum atomic E-state index is 13.3. The molecule has 2 aliphatic rings. The summed E-state index contributed by atoms with van der Waals surface area (Å²) in [6.07, 6.45) is 0.373. The summed E-state index contributed by atoms with van der Waals surface area (Å²) >= 11 is 0. The van der Waals surface area contributed by atoms with Crippen molar-refractivity contribution in [1.82, 2.24) is 14.5 Å². The van der Waals surface area contributed by atoms with Crippen LogP contribution in [0.25, 0.3) is 0 Å². The van der Waals surface area contributed by atoms with Crippen LogP contribution in [0, 0.1) is 23.6 Å². The second-order valence-electron chi connectivity index (χ2n) is 7.55. The molecule has 1 saturated carbocycles. The highest BCUT2D eigenvalue weighted by Crippen LogP contribution is 2.35. The fourth-order valence-corrected chi connectivity index (χ4v) is 5.23. The Kier molecular flexibility index (Phi) is 5.03. The Morgan fingerprint density at radius 1 is 1.30 bits per heavy atom. The van der Waals surface area contributed by atoms with E-state index in [-0.39, 0.29) is 34.9 Å². The molecule has 1 amide bonds. The van der Waals surface area contributed by atoms with Crippen LogP contribution in [-0.4, -0.2) is 59.6 Å². The molecule has 1 atom stereocenters. The molecule has 8 nitrogen and oxygen atoms in total. The number of benzene rings is 1. The van der Waals surface area contributed by atoms with Crippen molar-refractivity contribution in [2.75, 3.05) is 24.2 Å². The number of aliphatic hydroxyl groups is 1. The summed E-state index contributed by atoms with van der Waals surface area (Å²) in [5.74, 6) is 4.86. The van der Waals surface area contributed by atoms with Gasteiger partial charge in [0.1, 0.15) is 5.82 Å². The van der Waals surface area contributed by atoms with Crippen LogP contribution >= 0.6 is 0 Å². The largest absolute Gasteiger partial charge is 0.356 e. The predicted octanol–water partition coefficient (Wildman–Crippen LogP) is 0.962. The minimum Gasteiger partial charge on any atom is -0.356 e. The van der Waals surface area contributed by atoms with Gasteiger partial charge in [-0.2, -0.15) is 4.98 Å². The van der Waals surface area contributed by atoms with Crippen molar-refractivity contribution in [3.05, 3.63) is 41.3 Å². The average molecular weight is 432 g/mol. The van der Waals surface area contributed by atoms with Gasteiger partial charge in [-0.15, -0.1) is 0 Å². The summed E-state index contributed by atoms with van der Waals surface area (Å²) in [6, 6.07) is 5.77. The quantitative estimate of drug-likeness (QED) is 0.724. The molecule has 1 aliphatic heterocycles. The van der Waals surface area contributed by atoms with E-state index in [9.17, 15) is 22.7 Å². The molecule has 0 bridgehead atoms. The second-order valence-corrected chi connectivity index (χ2v) is 9.48. The van der Waals surface area contributed by atoms with Gasteiger partial charge in [0.2, 0.25) is 21.3 Å². The minimum atomic E-state index is -3.68. The summed E-state index contributed by atoms with van der Waals surface area (Å²) in [4.78, 5) is 19.4. The van der Waals surface area contributed by atoms with E-state index in [2.05, 4.69) is 16.8 Å². The monoisotopic (exact) mass is 432 g/mol. The van der Waals surface area contributed by atoms with Crippen molar-refractivity contribution in [1.29, 1.82) is 0 Å². The first-order valence-corrected chi connectivity index (χ1v) is 11.1. The second kappa shape index (κ2) is 7.41. The molecule has 1 fully saturated rings. The van der Waals surface area contributed by atoms with Crippen molar-refractivity contribution in [2.45, 2.75) is 24.3 Å². The molecule has 1 aliphatic carbocycles. The molecule has 0 radical (unpaired) electrons. The summed E-state index contributed by atoms with van der Waals surface area (Å²) < 4.78 is 40.1. The number of hydrogen-bond donors (Lipinski definition) is 1. The highest BCUT2D eigenvalue weighted by molar-refractivity contribution is 7.91. The number of aromatic nitrogens is 2. The molecule has 10 heteroatoms. The summed E-state index contributed by atoms with van der Waals surface area (Å²) in [7, 11) is -0.788. The molecule has 2 aromatic rings. The first-order valence-electron chi connectivity index (χ1n) is 9.45. The number of rotatable bonds is 4. The Bertz CT molecular complexity index is 1180. The number of carbonyl (C=O) groups excluding carboxylic acids is 1. The lowest BCUT2D eigenvalue weighted by atomic mass is 10.2. The molecule has 4 rings (SSSR count). The van der Waals surface area contributed by atoms with Crippen molar-refractivity contribution in [2.24, 2.45) is 13.0 Å². The lowest BCUT2D eigenvalue weighted by Crippen LogP contribution is -2.54. The number of anilines is 1. The van der Waals surface area contributed by atoms with Crippen LogP contribution in [0.1, 0.15) is 28.9 Å². The molecular weight excluding hydrogens is 411 g/mol. The van der Waals surface area contributed by atoms with Gasteiger partial charge in [0, 0.05) is 19.7 Å². The molecule has 1 aromatic carbocycles. The van der Waals surface area contributed by atoms with Crippen LogP contribution in [0.2, 0.25) is 0 Å². The Morgan fingerprint density at radius 2 is 2.03 bits per heavy atom. The third kappa shape index (κ3) is 3.66. The number of aliphatic hydroxyl groups excluding tert-OH is 1. The molecule has 1 unspecified atom stereocenters. The Labute approximate surface area is 173 Å². The van der Waals surface area contributed by atoms with Crippen LogP contribution in [0.3, 0.4) is 0 Å². The van der Waals surface area contributed by atoms with Crippen molar-refractivity contribution >= 4 is 21.6 Å². The predicted molar refractivity (Wildman–Crippen MR) is 107 cm³/mol. The molecule has 1 aromatic heterocycles. The van der Waals surface area contributed by atoms with Crippen LogP contribution in [0.15, 0.2) is 29.4 Å². The number of halogens is 1. The van der Waals surface area contributed by atoms with E-state index in [0.717, 1.165) is 17.7 Å². The van der Waals surface area contributed by atoms with Gasteiger partial charge in [0.25, 0.3) is 5.91 Å². The van der Waals surface area contributed by atoms with Gasteiger partial charge in [-0.3, -0.25) is 9.69 Å². The lowest BCUT2D eigenvalue weighted by molar-refractivity contribution is 0.0139. The van der Waals surface area contributed by atoms with Gasteiger partial charge < -0.3 is 14.6 Å². The van der Waals surface area contributed by atoms with Crippen LogP contribution < -0.4 is 4.90 Å². The van der Waals surface area contributed by atoms with E-state index in [1.165, 1.54) is 41.8 Å². The fraction of sp³-hybridized carbons (Fsp3) is 0.400. The number of amides is 1. The van der Waals surface area contributed by atoms with E-state index in [4.69, 9.17) is 0 Å². The number of nitrogens with zero attached hydrogens (tertiary/aromatic N) is 4. The molecule has 158 valence electrons. The van der Waals surface area contributed by atoms with E-state index in [0.29, 0.717) is 5.56 Å². The third-order valence-corrected chi connectivity index (χ3v) is 7.02. The van der Waals surface area contributed by atoms with Crippen molar-refractivity contribution < 1.29 is 22.7 Å². The zero-order chi connectivity index (χ0) is 21.6. The van der Waals surface area contributed by atoms with Crippen LogP contribution in [0.4, 0.5) is 10.2 Å². The topological polar surface area (TPSA) is 95.7 Å². The lowest BCUT2D eigenvalue weighted by Gasteiger charge is -2.37. The van der Waals surface area contributed by atoms with Crippen molar-refractivity contribution in [3.63, 3.8) is 0 Å². The highest BCUT2D eigenvalue weighted by Gasteiger charge is 2.41. The first kappa shape index (κ1) is 20.4. The van der Waals surface area contributed by atoms with Gasteiger partial charge in [-0.1, -0.05) is 17.9 Å². The Balaban J connectivity index is 1.70. The molecule has 1 N–H and O–H groups in total. The summed E-state index contributed by atoms with van der Waals surface area (Å²) in [6.45, 7) is -0.0403. The third-order valence-electron chi connectivity index (χ3n) is 5.19. The van der Waals surface area contributed by atoms with E-state index >= 15 is 0 Å². The number of fused-ring (bicyclic) bond motifs is 1. The normalized spacial score (nSPS) is 18.8. The molecular formula is C20H21FN4O4S. The van der Waals surface area contributed by atoms with Gasteiger partial charge in [0.15, 0.2) is 11.5 Å². The zero-order valence-electron chi connectivity index (χ0n) is 16.5. The maximum absolute atomic E-state index is 13.3. The molecule has 30 heavy (non-hydrogen) atoms. The molecule has 2 heterocycles. The standard InChI is InChI=1S/C20H21FN4O4S/c1-23-16-17(22-19(23)30(28,29)12-14-8-9-14)25(20(27)24(2)18(16)26)10-4-6-13-5-3-7-15(21)11-13/h3,5,7,11,14,20,27H,8-10,12H2,1-2H3. The smallest absolute Gasteiger partial charge is 0.277 e. The van der Waals surface area contributed by atoms with E-state index in [1.807, 2.05) is 0 Å². The fourth-order valence-electron chi connectivity index (χ4n) is 3.39. The zero-order valence-corrected chi connectivity index (χ0v) is 17.4. The average Bonchev–Trinajstić information content (AvgIpc) is 3.41. The van der Waals surface area contributed by atoms with Gasteiger partial charge in [-0.05, 0) is 37.0 Å². The minimum absolute atomic E-state index is 0.0112. The molecule has 0 saturated heterocycles.